The molecule has 0 fully saturated rings. The summed E-state index contributed by atoms with van der Waals surface area (Å²) in [6, 6.07) is 54.3. The molecule has 19 heteroatoms. The van der Waals surface area contributed by atoms with Gasteiger partial charge in [-0.15, -0.1) is 0 Å². The number of para-hydroxylation sites is 4. The van der Waals surface area contributed by atoms with Gasteiger partial charge in [0.25, 0.3) is 47.3 Å². The molecule has 8 heterocycles. The predicted molar refractivity (Wildman–Crippen MR) is 303 cm³/mol. The average Bonchev–Trinajstić information content (AvgIpc) is 3.55. The van der Waals surface area contributed by atoms with Crippen molar-refractivity contribution < 1.29 is 52.7 Å². The SMILES string of the molecule is CN1C(=O)c2ccccc2N2C(=O)c3ccccc3C12.CON1C(=O)c2ccccc2N2C(=O)c3ccccc3C12.COc1ccc2c(c1OC)C(=O)N1c3ccccc3C(=O)NC21.O=C1NC2c3ccccc3C(=O)N2c2ccccc21. The second-order valence-corrected chi connectivity index (χ2v) is 20.0. The molecule has 8 aliphatic heterocycles. The molecule has 410 valence electrons. The van der Waals surface area contributed by atoms with Crippen molar-refractivity contribution in [2.45, 2.75) is 24.7 Å². The Labute approximate surface area is 474 Å². The van der Waals surface area contributed by atoms with Gasteiger partial charge in [0.2, 0.25) is 0 Å². The van der Waals surface area contributed by atoms with E-state index in [2.05, 4.69) is 10.6 Å². The van der Waals surface area contributed by atoms with Crippen LogP contribution in [0.4, 0.5) is 22.7 Å². The van der Waals surface area contributed by atoms with Gasteiger partial charge in [-0.2, -0.15) is 5.06 Å². The lowest BCUT2D eigenvalue weighted by Crippen LogP contribution is -2.47. The molecule has 8 aliphatic rings. The van der Waals surface area contributed by atoms with Gasteiger partial charge in [0.15, 0.2) is 17.7 Å². The van der Waals surface area contributed by atoms with Gasteiger partial charge in [-0.05, 0) is 72.8 Å². The first-order valence-electron chi connectivity index (χ1n) is 26.4. The molecular weight excluding hydrogens is 1060 g/mol. The highest BCUT2D eigenvalue weighted by molar-refractivity contribution is 6.20. The van der Waals surface area contributed by atoms with Gasteiger partial charge in [-0.25, -0.2) is 0 Å². The van der Waals surface area contributed by atoms with Gasteiger partial charge in [-0.1, -0.05) is 109 Å². The Morgan fingerprint density at radius 2 is 0.735 bits per heavy atom. The number of methoxy groups -OCH3 is 2. The fourth-order valence-electron chi connectivity index (χ4n) is 12.2. The highest BCUT2D eigenvalue weighted by Gasteiger charge is 2.50. The van der Waals surface area contributed by atoms with Crippen LogP contribution in [-0.4, -0.2) is 85.6 Å². The number of hydrogen-bond acceptors (Lipinski definition) is 11. The number of amides is 8. The normalized spacial score (nSPS) is 19.1. The summed E-state index contributed by atoms with van der Waals surface area (Å²) >= 11 is 0. The molecule has 0 spiro atoms. The minimum Gasteiger partial charge on any atom is -0.493 e. The summed E-state index contributed by atoms with van der Waals surface area (Å²) < 4.78 is 10.7. The van der Waals surface area contributed by atoms with Crippen LogP contribution >= 0.6 is 0 Å². The van der Waals surface area contributed by atoms with Crippen LogP contribution in [0.5, 0.6) is 11.5 Å². The maximum absolute atomic E-state index is 13.0. The number of hydroxylamine groups is 2. The molecule has 4 unspecified atom stereocenters. The van der Waals surface area contributed by atoms with Gasteiger partial charge in [-0.3, -0.25) is 62.8 Å². The monoisotopic (exact) mass is 1100 g/mol. The molecule has 0 aliphatic carbocycles. The van der Waals surface area contributed by atoms with E-state index in [1.165, 1.54) is 26.4 Å². The first kappa shape index (κ1) is 51.5. The van der Waals surface area contributed by atoms with Crippen molar-refractivity contribution in [1.29, 1.82) is 0 Å². The van der Waals surface area contributed by atoms with E-state index in [9.17, 15) is 38.4 Å². The van der Waals surface area contributed by atoms with Crippen LogP contribution in [0.25, 0.3) is 0 Å². The second kappa shape index (κ2) is 20.0. The van der Waals surface area contributed by atoms with Gasteiger partial charge in [0.05, 0.1) is 71.9 Å². The van der Waals surface area contributed by atoms with Crippen LogP contribution in [0.15, 0.2) is 182 Å². The number of benzene rings is 8. The predicted octanol–water partition coefficient (Wildman–Crippen LogP) is 8.99. The third kappa shape index (κ3) is 7.76. The number of carbonyl (C=O) groups is 8. The lowest BCUT2D eigenvalue weighted by molar-refractivity contribution is -0.124. The molecule has 8 aromatic carbocycles. The fourth-order valence-corrected chi connectivity index (χ4v) is 12.2. The second-order valence-electron chi connectivity index (χ2n) is 20.0. The number of rotatable bonds is 3. The molecule has 0 aromatic heterocycles. The summed E-state index contributed by atoms with van der Waals surface area (Å²) in [6.45, 7) is 0. The highest BCUT2D eigenvalue weighted by atomic mass is 16.7. The van der Waals surface area contributed by atoms with Gasteiger partial charge >= 0.3 is 0 Å². The number of anilines is 4. The molecule has 8 amide bonds. The number of carbonyl (C=O) groups excluding carboxylic acids is 8. The molecule has 0 bridgehead atoms. The van der Waals surface area contributed by atoms with E-state index in [-0.39, 0.29) is 59.6 Å². The van der Waals surface area contributed by atoms with Crippen LogP contribution in [0, 0.1) is 0 Å². The standard InChI is InChI=1S/C17H14N2O4.C16H12N2O3.C16H12N2O2.C15H10N2O2/c1-22-12-8-7-10-13(14(12)23-2)17(21)19-11-6-4-3-5-9(11)16(20)18-15(10)19;1-21-18-14-10-6-2-3-7-11(10)15(19)17(14)13-9-5-4-8-12(13)16(18)20;1-17-14-10-6-2-3-7-11(10)16(20)18(14)13-9-5-4-8-12(13)15(17)19;18-14-11-7-3-4-8-12(11)17-13(16-14)9-5-1-2-6-10(9)15(17)19/h3-8,15H,1-2H3,(H,18,20);2-9,14H,1H3;2-9,14H,1H3;1-8,13H,(H,16,18). The van der Waals surface area contributed by atoms with Crippen molar-refractivity contribution >= 4 is 70.0 Å². The van der Waals surface area contributed by atoms with Gasteiger partial charge in [0.1, 0.15) is 18.5 Å². The number of hydrogen-bond donors (Lipinski definition) is 2. The average molecular weight is 1110 g/mol. The molecule has 0 radical (unpaired) electrons. The van der Waals surface area contributed by atoms with Crippen LogP contribution in [0.3, 0.4) is 0 Å². The van der Waals surface area contributed by atoms with Crippen molar-refractivity contribution in [3.63, 3.8) is 0 Å². The van der Waals surface area contributed by atoms with Crippen LogP contribution in [0.1, 0.15) is 130 Å². The third-order valence-corrected chi connectivity index (χ3v) is 15.8. The number of nitrogens with one attached hydrogen (secondary N) is 2. The lowest BCUT2D eigenvalue weighted by atomic mass is 10.0. The summed E-state index contributed by atoms with van der Waals surface area (Å²) in [5.41, 5.74) is 10.3. The van der Waals surface area contributed by atoms with Gasteiger partial charge in [0, 0.05) is 46.0 Å². The van der Waals surface area contributed by atoms with E-state index in [1.54, 1.807) is 110 Å². The molecule has 83 heavy (non-hydrogen) atoms. The van der Waals surface area contributed by atoms with Crippen molar-refractivity contribution in [3.8, 4) is 11.5 Å². The Bertz CT molecular complexity index is 4150. The quantitative estimate of drug-likeness (QED) is 0.171. The molecule has 16 rings (SSSR count). The molecule has 8 aromatic rings. The zero-order valence-corrected chi connectivity index (χ0v) is 44.8. The highest BCUT2D eigenvalue weighted by Crippen LogP contribution is 2.49. The first-order valence-corrected chi connectivity index (χ1v) is 26.4. The fraction of sp³-hybridized carbons (Fsp3) is 0.125. The zero-order chi connectivity index (χ0) is 57.5. The molecule has 2 N–H and O–H groups in total. The van der Waals surface area contributed by atoms with Crippen LogP contribution in [0.2, 0.25) is 0 Å². The summed E-state index contributed by atoms with van der Waals surface area (Å²) in [7, 11) is 6.20. The van der Waals surface area contributed by atoms with E-state index >= 15 is 0 Å². The van der Waals surface area contributed by atoms with E-state index in [0.29, 0.717) is 84.3 Å². The van der Waals surface area contributed by atoms with Crippen molar-refractivity contribution in [2.24, 2.45) is 0 Å². The Hall–Kier alpha value is -10.9. The summed E-state index contributed by atoms with van der Waals surface area (Å²) in [5, 5.41) is 7.02. The van der Waals surface area contributed by atoms with E-state index in [0.717, 1.165) is 16.7 Å². The Morgan fingerprint density at radius 3 is 1.24 bits per heavy atom. The van der Waals surface area contributed by atoms with Crippen molar-refractivity contribution in [2.75, 3.05) is 48.0 Å². The molecule has 19 nitrogen and oxygen atoms in total. The maximum Gasteiger partial charge on any atom is 0.281 e. The van der Waals surface area contributed by atoms with Crippen molar-refractivity contribution in [3.05, 3.63) is 249 Å². The van der Waals surface area contributed by atoms with Gasteiger partial charge < -0.3 is 25.0 Å². The maximum atomic E-state index is 13.0. The van der Waals surface area contributed by atoms with E-state index < -0.39 is 12.3 Å². The minimum absolute atomic E-state index is 0.0441. The van der Waals surface area contributed by atoms with E-state index in [1.807, 2.05) is 103 Å². The first-order chi connectivity index (χ1) is 40.4. The summed E-state index contributed by atoms with van der Waals surface area (Å²) in [4.78, 5) is 114. The lowest BCUT2D eigenvalue weighted by Gasteiger charge is -2.38. The molecule has 0 saturated heterocycles. The topological polar surface area (TPSA) is 208 Å². The molecular formula is C64H48N8O11. The Balaban J connectivity index is 0.000000104. The third-order valence-electron chi connectivity index (χ3n) is 15.8. The largest absolute Gasteiger partial charge is 0.493 e. The number of ether oxygens (including phenoxy) is 2. The smallest absolute Gasteiger partial charge is 0.281 e. The van der Waals surface area contributed by atoms with Crippen LogP contribution in [-0.2, 0) is 4.84 Å². The van der Waals surface area contributed by atoms with Crippen LogP contribution < -0.4 is 39.7 Å². The van der Waals surface area contributed by atoms with E-state index in [4.69, 9.17) is 14.3 Å². The zero-order valence-electron chi connectivity index (χ0n) is 44.8. The number of fused-ring (bicyclic) bond motifs is 20. The number of nitrogens with zero attached hydrogens (tertiary/aromatic N) is 6. The van der Waals surface area contributed by atoms with Crippen molar-refractivity contribution in [1.82, 2.24) is 20.6 Å². The summed E-state index contributed by atoms with van der Waals surface area (Å²) in [6.07, 6.45) is -1.78. The minimum atomic E-state index is -0.541. The molecule has 4 atom stereocenters. The molecule has 0 saturated carbocycles. The Morgan fingerprint density at radius 1 is 0.349 bits per heavy atom. The summed E-state index contributed by atoms with van der Waals surface area (Å²) in [5.74, 6) is -0.185. The Kier molecular flexibility index (Phi) is 12.4.